The Balaban J connectivity index is 1.33. The summed E-state index contributed by atoms with van der Waals surface area (Å²) in [5.74, 6) is -4.51. The molecule has 244 valence electrons. The minimum absolute atomic E-state index is 0.0311. The summed E-state index contributed by atoms with van der Waals surface area (Å²) in [5.41, 5.74) is 3.25. The Morgan fingerprint density at radius 3 is 2.54 bits per heavy atom. The Labute approximate surface area is 277 Å². The van der Waals surface area contributed by atoms with Crippen LogP contribution < -0.4 is 16.0 Å². The largest absolute Gasteiger partial charge is 0.465 e. The van der Waals surface area contributed by atoms with Crippen molar-refractivity contribution in [3.63, 3.8) is 0 Å². The summed E-state index contributed by atoms with van der Waals surface area (Å²) in [4.78, 5) is 57.1. The molecule has 0 unspecified atom stereocenters. The van der Waals surface area contributed by atoms with Crippen LogP contribution in [0.2, 0.25) is 5.02 Å². The lowest BCUT2D eigenvalue weighted by molar-refractivity contribution is 0.0599. The molecule has 0 aliphatic heterocycles. The van der Waals surface area contributed by atoms with E-state index in [1.807, 2.05) is 6.92 Å². The summed E-state index contributed by atoms with van der Waals surface area (Å²) in [6, 6.07) is 13.9. The van der Waals surface area contributed by atoms with Gasteiger partial charge in [-0.05, 0) is 78.4 Å². The maximum atomic E-state index is 13.9. The van der Waals surface area contributed by atoms with E-state index in [0.29, 0.717) is 29.1 Å². The van der Waals surface area contributed by atoms with Gasteiger partial charge in [0.15, 0.2) is 17.3 Å². The van der Waals surface area contributed by atoms with Gasteiger partial charge in [-0.3, -0.25) is 14.4 Å². The summed E-state index contributed by atoms with van der Waals surface area (Å²) in [6.07, 6.45) is 2.38. The molecule has 5 aromatic rings. The van der Waals surface area contributed by atoms with E-state index in [2.05, 4.69) is 26.0 Å². The molecule has 0 fully saturated rings. The lowest BCUT2D eigenvalue weighted by Crippen LogP contribution is -2.31. The molecule has 0 radical (unpaired) electrons. The van der Waals surface area contributed by atoms with Gasteiger partial charge in [0.05, 0.1) is 24.9 Å². The monoisotopic (exact) mass is 672 g/mol. The van der Waals surface area contributed by atoms with Crippen LogP contribution in [0, 0.1) is 18.6 Å². The number of nitrogens with zero attached hydrogens (tertiary/aromatic N) is 3. The van der Waals surface area contributed by atoms with Crippen LogP contribution in [0.5, 0.6) is 0 Å². The first kappa shape index (κ1) is 32.3. The van der Waals surface area contributed by atoms with Crippen molar-refractivity contribution in [1.29, 1.82) is 0 Å². The second-order valence-corrected chi connectivity index (χ2v) is 11.5. The Hall–Kier alpha value is -5.69. The van der Waals surface area contributed by atoms with E-state index < -0.39 is 41.4 Å². The van der Waals surface area contributed by atoms with Crippen LogP contribution in [0.25, 0.3) is 5.65 Å². The van der Waals surface area contributed by atoms with Crippen molar-refractivity contribution in [2.75, 3.05) is 12.4 Å². The van der Waals surface area contributed by atoms with E-state index in [1.54, 1.807) is 36.4 Å². The fourth-order valence-electron chi connectivity index (χ4n) is 5.68. The second-order valence-electron chi connectivity index (χ2n) is 11.1. The fourth-order valence-corrected chi connectivity index (χ4v) is 5.87. The Bertz CT molecular complexity index is 2140. The SMILES string of the molecule is COC(=O)c1ccc2c(c1C)CC[C@@H]2NC(=O)c1cc(C(=O)NCc2ccc(F)c(F)c2)nc2c(C(=O)Nc3cccc(Cl)c3)cnn12. The van der Waals surface area contributed by atoms with Gasteiger partial charge in [-0.25, -0.2) is 23.1 Å². The number of methoxy groups -OCH3 is 1. The van der Waals surface area contributed by atoms with Crippen LogP contribution in [0.4, 0.5) is 14.5 Å². The third-order valence-electron chi connectivity index (χ3n) is 8.11. The topological polar surface area (TPSA) is 144 Å². The number of amides is 3. The lowest BCUT2D eigenvalue weighted by Gasteiger charge is -2.16. The van der Waals surface area contributed by atoms with Gasteiger partial charge < -0.3 is 20.7 Å². The van der Waals surface area contributed by atoms with Crippen molar-refractivity contribution in [3.8, 4) is 0 Å². The number of hydrogen-bond donors (Lipinski definition) is 3. The maximum absolute atomic E-state index is 13.9. The van der Waals surface area contributed by atoms with E-state index in [-0.39, 0.29) is 34.7 Å². The summed E-state index contributed by atoms with van der Waals surface area (Å²) >= 11 is 6.06. The quantitative estimate of drug-likeness (QED) is 0.188. The van der Waals surface area contributed by atoms with Crippen molar-refractivity contribution < 1.29 is 32.7 Å². The minimum atomic E-state index is -1.07. The van der Waals surface area contributed by atoms with Crippen LogP contribution in [0.1, 0.15) is 76.4 Å². The lowest BCUT2D eigenvalue weighted by atomic mass is 9.98. The molecule has 0 saturated carbocycles. The molecule has 0 bridgehead atoms. The van der Waals surface area contributed by atoms with Gasteiger partial charge in [-0.1, -0.05) is 29.8 Å². The highest BCUT2D eigenvalue weighted by Crippen LogP contribution is 2.35. The average Bonchev–Trinajstić information content (AvgIpc) is 3.69. The number of benzene rings is 3. The molecule has 1 aliphatic rings. The van der Waals surface area contributed by atoms with Crippen molar-refractivity contribution in [2.45, 2.75) is 32.4 Å². The molecule has 0 spiro atoms. The zero-order valence-corrected chi connectivity index (χ0v) is 26.3. The molecule has 3 aromatic carbocycles. The maximum Gasteiger partial charge on any atom is 0.338 e. The van der Waals surface area contributed by atoms with Gasteiger partial charge in [0.2, 0.25) is 0 Å². The van der Waals surface area contributed by atoms with Crippen molar-refractivity contribution >= 4 is 46.6 Å². The number of ether oxygens (including phenoxy) is 1. The highest BCUT2D eigenvalue weighted by Gasteiger charge is 2.30. The molecule has 6 rings (SSSR count). The Morgan fingerprint density at radius 1 is 0.979 bits per heavy atom. The zero-order chi connectivity index (χ0) is 34.1. The molecule has 2 aromatic heterocycles. The smallest absolute Gasteiger partial charge is 0.338 e. The van der Waals surface area contributed by atoms with E-state index >= 15 is 0 Å². The van der Waals surface area contributed by atoms with Crippen molar-refractivity contribution in [3.05, 3.63) is 128 Å². The van der Waals surface area contributed by atoms with Gasteiger partial charge in [0, 0.05) is 23.3 Å². The molecule has 2 heterocycles. The fraction of sp³-hybridized carbons (Fsp3) is 0.176. The predicted molar refractivity (Wildman–Crippen MR) is 171 cm³/mol. The first-order valence-corrected chi connectivity index (χ1v) is 15.1. The van der Waals surface area contributed by atoms with Gasteiger partial charge >= 0.3 is 5.97 Å². The van der Waals surface area contributed by atoms with Gasteiger partial charge in [-0.2, -0.15) is 5.10 Å². The van der Waals surface area contributed by atoms with Crippen LogP contribution >= 0.6 is 11.6 Å². The molecule has 11 nitrogen and oxygen atoms in total. The number of carbonyl (C=O) groups is 4. The average molecular weight is 673 g/mol. The third-order valence-corrected chi connectivity index (χ3v) is 8.34. The van der Waals surface area contributed by atoms with Crippen molar-refractivity contribution in [1.82, 2.24) is 25.2 Å². The standard InChI is InChI=1S/C34H27ClF2N6O5/c1-17-21-9-11-27(23(21)8-7-22(17)34(47)48-2)42-33(46)29-14-28(32(45)38-15-18-6-10-25(36)26(37)12-18)41-30-24(16-39-43(29)30)31(44)40-20-5-3-4-19(35)13-20/h3-8,10,12-14,16,27H,9,11,15H2,1-2H3,(H,38,45)(H,40,44)(H,42,46)/t27-/m0/s1. The molecule has 3 N–H and O–H groups in total. The molecule has 3 amide bonds. The number of hydrogen-bond acceptors (Lipinski definition) is 7. The number of anilines is 1. The number of fused-ring (bicyclic) bond motifs is 2. The molecule has 0 saturated heterocycles. The number of carbonyl (C=O) groups excluding carboxylic acids is 4. The van der Waals surface area contributed by atoms with Crippen LogP contribution in [-0.2, 0) is 17.7 Å². The van der Waals surface area contributed by atoms with Crippen LogP contribution in [0.3, 0.4) is 0 Å². The summed E-state index contributed by atoms with van der Waals surface area (Å²) < 4.78 is 33.2. The van der Waals surface area contributed by atoms with Gasteiger partial charge in [0.25, 0.3) is 17.7 Å². The van der Waals surface area contributed by atoms with Crippen molar-refractivity contribution in [2.24, 2.45) is 0 Å². The summed E-state index contributed by atoms with van der Waals surface area (Å²) in [5, 5.41) is 12.9. The Kier molecular flexibility index (Phi) is 8.87. The number of nitrogens with one attached hydrogen (secondary N) is 3. The Morgan fingerprint density at radius 2 is 1.79 bits per heavy atom. The third kappa shape index (κ3) is 6.32. The minimum Gasteiger partial charge on any atom is -0.465 e. The van der Waals surface area contributed by atoms with E-state index in [1.165, 1.54) is 25.4 Å². The molecular weight excluding hydrogens is 646 g/mol. The normalized spacial score (nSPS) is 13.6. The molecule has 1 aliphatic carbocycles. The first-order valence-electron chi connectivity index (χ1n) is 14.7. The number of rotatable bonds is 8. The predicted octanol–water partition coefficient (Wildman–Crippen LogP) is 5.36. The van der Waals surface area contributed by atoms with E-state index in [0.717, 1.165) is 33.3 Å². The second kappa shape index (κ2) is 13.2. The van der Waals surface area contributed by atoms with Gasteiger partial charge in [-0.15, -0.1) is 0 Å². The summed E-state index contributed by atoms with van der Waals surface area (Å²) in [6.45, 7) is 1.66. The van der Waals surface area contributed by atoms with Gasteiger partial charge in [0.1, 0.15) is 17.0 Å². The number of esters is 1. The molecule has 48 heavy (non-hydrogen) atoms. The van der Waals surface area contributed by atoms with E-state index in [4.69, 9.17) is 16.3 Å². The van der Waals surface area contributed by atoms with Crippen LogP contribution in [-0.4, -0.2) is 45.4 Å². The van der Waals surface area contributed by atoms with E-state index in [9.17, 15) is 28.0 Å². The molecule has 14 heteroatoms. The summed E-state index contributed by atoms with van der Waals surface area (Å²) in [7, 11) is 1.31. The molecule has 1 atom stereocenters. The molecular formula is C34H27ClF2N6O5. The number of halogens is 3. The first-order chi connectivity index (χ1) is 23.0. The zero-order valence-electron chi connectivity index (χ0n) is 25.6. The highest BCUT2D eigenvalue weighted by atomic mass is 35.5. The number of aromatic nitrogens is 3. The highest BCUT2D eigenvalue weighted by molar-refractivity contribution is 6.31. The van der Waals surface area contributed by atoms with Crippen LogP contribution in [0.15, 0.2) is 66.9 Å².